The molecule has 0 unspecified atom stereocenters. The number of halogens is 1. The van der Waals surface area contributed by atoms with Crippen molar-refractivity contribution in [1.82, 2.24) is 0 Å². The molecule has 1 N–H and O–H groups in total. The number of benzene rings is 2. The summed E-state index contributed by atoms with van der Waals surface area (Å²) in [6, 6.07) is 10.7. The molecule has 0 saturated carbocycles. The monoisotopic (exact) mass is 371 g/mol. The number of ether oxygens (including phenoxy) is 1. The molecule has 0 aromatic heterocycles. The van der Waals surface area contributed by atoms with Gasteiger partial charge in [-0.15, -0.1) is 0 Å². The third-order valence-corrected chi connectivity index (χ3v) is 4.23. The van der Waals surface area contributed by atoms with Crippen LogP contribution in [-0.2, 0) is 14.3 Å². The molecule has 1 aliphatic rings. The normalized spacial score (nSPS) is 15.6. The van der Waals surface area contributed by atoms with Gasteiger partial charge in [0.25, 0.3) is 5.91 Å². The summed E-state index contributed by atoms with van der Waals surface area (Å²) in [4.78, 5) is 38.0. The zero-order valence-corrected chi connectivity index (χ0v) is 14.5. The van der Waals surface area contributed by atoms with Crippen molar-refractivity contribution >= 4 is 41.1 Å². The molecule has 1 fully saturated rings. The molecule has 6 nitrogen and oxygen atoms in total. The number of nitrogens with zero attached hydrogens (tertiary/aromatic N) is 1. The number of phenolic OH excluding ortho intramolecular Hbond substituents is 1. The quantitative estimate of drug-likeness (QED) is 0.509. The lowest BCUT2D eigenvalue weighted by atomic mass is 10.1. The molecule has 0 bridgehead atoms. The summed E-state index contributed by atoms with van der Waals surface area (Å²) in [6.45, 7) is 0. The lowest BCUT2D eigenvalue weighted by Crippen LogP contribution is -2.30. The number of rotatable bonds is 3. The molecule has 3 rings (SSSR count). The molecule has 132 valence electrons. The van der Waals surface area contributed by atoms with Gasteiger partial charge in [0.1, 0.15) is 5.75 Å². The van der Waals surface area contributed by atoms with Crippen LogP contribution in [0.5, 0.6) is 5.75 Å². The minimum absolute atomic E-state index is 0.0729. The first-order valence-electron chi connectivity index (χ1n) is 7.66. The van der Waals surface area contributed by atoms with E-state index in [2.05, 4.69) is 0 Å². The minimum atomic E-state index is -0.635. The number of hydrogen-bond donors (Lipinski definition) is 1. The maximum Gasteiger partial charge on any atom is 0.339 e. The van der Waals surface area contributed by atoms with Crippen molar-refractivity contribution in [2.45, 2.75) is 6.42 Å². The van der Waals surface area contributed by atoms with Crippen LogP contribution in [0.2, 0.25) is 5.02 Å². The van der Waals surface area contributed by atoms with Gasteiger partial charge in [-0.05, 0) is 35.9 Å². The lowest BCUT2D eigenvalue weighted by Gasteiger charge is -2.16. The van der Waals surface area contributed by atoms with Crippen molar-refractivity contribution in [3.05, 3.63) is 64.2 Å². The van der Waals surface area contributed by atoms with Crippen LogP contribution in [-0.4, -0.2) is 30.0 Å². The molecule has 2 aromatic rings. The van der Waals surface area contributed by atoms with Gasteiger partial charge in [0.05, 0.1) is 29.8 Å². The fourth-order valence-electron chi connectivity index (χ4n) is 2.70. The molecule has 0 spiro atoms. The van der Waals surface area contributed by atoms with Crippen LogP contribution in [0.25, 0.3) is 6.08 Å². The molecule has 0 atom stereocenters. The molecule has 1 heterocycles. The van der Waals surface area contributed by atoms with Gasteiger partial charge < -0.3 is 9.84 Å². The fourth-order valence-corrected chi connectivity index (χ4v) is 2.89. The second-order valence-electron chi connectivity index (χ2n) is 5.60. The predicted octanol–water partition coefficient (Wildman–Crippen LogP) is 3.18. The fraction of sp³-hybridized carbons (Fsp3) is 0.105. The van der Waals surface area contributed by atoms with Gasteiger partial charge in [-0.2, -0.15) is 0 Å². The van der Waals surface area contributed by atoms with Crippen molar-refractivity contribution in [2.75, 3.05) is 12.0 Å². The Morgan fingerprint density at radius 3 is 2.65 bits per heavy atom. The number of carbonyl (C=O) groups excluding carboxylic acids is 3. The van der Waals surface area contributed by atoms with E-state index in [9.17, 15) is 19.5 Å². The maximum atomic E-state index is 12.7. The Morgan fingerprint density at radius 1 is 1.23 bits per heavy atom. The predicted molar refractivity (Wildman–Crippen MR) is 96.0 cm³/mol. The molecule has 1 aliphatic heterocycles. The Hall–Kier alpha value is -3.12. The highest BCUT2D eigenvalue weighted by molar-refractivity contribution is 6.32. The average Bonchev–Trinajstić information content (AvgIpc) is 2.91. The highest BCUT2D eigenvalue weighted by Gasteiger charge is 2.37. The van der Waals surface area contributed by atoms with Crippen LogP contribution in [0, 0.1) is 0 Å². The van der Waals surface area contributed by atoms with Crippen molar-refractivity contribution in [3.63, 3.8) is 0 Å². The second-order valence-corrected chi connectivity index (χ2v) is 6.01. The molecule has 26 heavy (non-hydrogen) atoms. The molecule has 7 heteroatoms. The third kappa shape index (κ3) is 3.19. The number of aromatic hydroxyl groups is 1. The number of anilines is 1. The number of hydrogen-bond acceptors (Lipinski definition) is 5. The largest absolute Gasteiger partial charge is 0.506 e. The van der Waals surface area contributed by atoms with Crippen LogP contribution in [0.3, 0.4) is 0 Å². The van der Waals surface area contributed by atoms with Crippen molar-refractivity contribution in [3.8, 4) is 5.75 Å². The van der Waals surface area contributed by atoms with Crippen LogP contribution < -0.4 is 4.90 Å². The topological polar surface area (TPSA) is 83.9 Å². The highest BCUT2D eigenvalue weighted by atomic mass is 35.5. The third-order valence-electron chi connectivity index (χ3n) is 3.93. The van der Waals surface area contributed by atoms with Crippen LogP contribution >= 0.6 is 11.6 Å². The molecule has 0 aliphatic carbocycles. The summed E-state index contributed by atoms with van der Waals surface area (Å²) in [5.41, 5.74) is 1.15. The van der Waals surface area contributed by atoms with Gasteiger partial charge in [-0.25, -0.2) is 9.69 Å². The minimum Gasteiger partial charge on any atom is -0.506 e. The van der Waals surface area contributed by atoms with E-state index < -0.39 is 17.8 Å². The number of phenols is 1. The summed E-state index contributed by atoms with van der Waals surface area (Å²) in [7, 11) is 1.23. The zero-order valence-electron chi connectivity index (χ0n) is 13.7. The Balaban J connectivity index is 1.99. The molecule has 2 aromatic carbocycles. The second kappa shape index (κ2) is 7.01. The highest BCUT2D eigenvalue weighted by Crippen LogP contribution is 2.31. The Kier molecular flexibility index (Phi) is 4.77. The van der Waals surface area contributed by atoms with E-state index >= 15 is 0 Å². The van der Waals surface area contributed by atoms with Crippen LogP contribution in [0.15, 0.2) is 48.0 Å². The summed E-state index contributed by atoms with van der Waals surface area (Å²) >= 11 is 5.87. The maximum absolute atomic E-state index is 12.7. The van der Waals surface area contributed by atoms with Gasteiger partial charge in [-0.1, -0.05) is 29.8 Å². The first kappa shape index (κ1) is 17.7. The van der Waals surface area contributed by atoms with E-state index in [0.29, 0.717) is 5.56 Å². The Morgan fingerprint density at radius 2 is 1.96 bits per heavy atom. The van der Waals surface area contributed by atoms with E-state index in [1.807, 2.05) is 0 Å². The van der Waals surface area contributed by atoms with E-state index in [0.717, 1.165) is 4.90 Å². The van der Waals surface area contributed by atoms with Gasteiger partial charge in [-0.3, -0.25) is 9.59 Å². The summed E-state index contributed by atoms with van der Waals surface area (Å²) in [5, 5.41) is 9.61. The number of esters is 1. The van der Waals surface area contributed by atoms with E-state index in [1.54, 1.807) is 18.2 Å². The zero-order chi connectivity index (χ0) is 18.8. The molecule has 0 radical (unpaired) electrons. The van der Waals surface area contributed by atoms with Crippen molar-refractivity contribution < 1.29 is 24.2 Å². The number of methoxy groups -OCH3 is 1. The van der Waals surface area contributed by atoms with Gasteiger partial charge in [0.2, 0.25) is 5.91 Å². The van der Waals surface area contributed by atoms with Crippen LogP contribution in [0.1, 0.15) is 22.3 Å². The molecule has 2 amide bonds. The smallest absolute Gasteiger partial charge is 0.339 e. The number of amides is 2. The van der Waals surface area contributed by atoms with Gasteiger partial charge in [0.15, 0.2) is 0 Å². The first-order chi connectivity index (χ1) is 12.4. The molecular weight excluding hydrogens is 358 g/mol. The standard InChI is InChI=1S/C19H14ClNO5/c1-26-19(25)13-4-2-3-5-15(13)21-17(23)10-12(18(21)24)8-11-6-7-16(22)14(20)9-11/h2-9,22H,10H2,1H3/b12-8+. The van der Waals surface area contributed by atoms with Crippen molar-refractivity contribution in [1.29, 1.82) is 0 Å². The van der Waals surface area contributed by atoms with E-state index in [-0.39, 0.29) is 34.0 Å². The SMILES string of the molecule is COC(=O)c1ccccc1N1C(=O)C/C(=C\c2ccc(O)c(Cl)c2)C1=O. The molecular formula is C19H14ClNO5. The van der Waals surface area contributed by atoms with E-state index in [1.165, 1.54) is 37.5 Å². The first-order valence-corrected chi connectivity index (χ1v) is 8.04. The molecule has 1 saturated heterocycles. The Bertz CT molecular complexity index is 951. The van der Waals surface area contributed by atoms with E-state index in [4.69, 9.17) is 16.3 Å². The number of carbonyl (C=O) groups is 3. The summed E-state index contributed by atoms with van der Waals surface area (Å²) in [5.74, 6) is -1.67. The Labute approximate surface area is 154 Å². The summed E-state index contributed by atoms with van der Waals surface area (Å²) < 4.78 is 4.71. The number of para-hydroxylation sites is 1. The van der Waals surface area contributed by atoms with Gasteiger partial charge >= 0.3 is 5.97 Å². The van der Waals surface area contributed by atoms with Crippen molar-refractivity contribution in [2.24, 2.45) is 0 Å². The number of imide groups is 1. The average molecular weight is 372 g/mol. The summed E-state index contributed by atoms with van der Waals surface area (Å²) in [6.07, 6.45) is 1.43. The lowest BCUT2D eigenvalue weighted by molar-refractivity contribution is -0.120. The van der Waals surface area contributed by atoms with Crippen LogP contribution in [0.4, 0.5) is 5.69 Å². The van der Waals surface area contributed by atoms with Gasteiger partial charge in [0, 0.05) is 5.57 Å².